The van der Waals surface area contributed by atoms with Crippen LogP contribution in [0, 0.1) is 58.2 Å². The monoisotopic (exact) mass is 871 g/mol. The van der Waals surface area contributed by atoms with Crippen molar-refractivity contribution in [3.05, 3.63) is 57.6 Å². The molecule has 63 heavy (non-hydrogen) atoms. The molecule has 13 heteroatoms. The summed E-state index contributed by atoms with van der Waals surface area (Å²) in [5.74, 6) is -5.55. The number of phenols is 1. The van der Waals surface area contributed by atoms with Crippen LogP contribution in [-0.4, -0.2) is 91.9 Å². The highest BCUT2D eigenvalue weighted by atomic mass is 16.6. The number of phenolic OH excluding ortho intramolecular Hbond substituents is 1. The molecule has 14 atom stereocenters. The molecule has 7 aliphatic carbocycles. The number of aromatic hydroxyl groups is 1. The number of nitrogens with zero attached hydrogens (tertiary/aromatic N) is 1. The van der Waals surface area contributed by atoms with Gasteiger partial charge in [-0.1, -0.05) is 78.5 Å². The van der Waals surface area contributed by atoms with E-state index in [4.69, 9.17) is 10.5 Å². The average Bonchev–Trinajstić information content (AvgIpc) is 3.57. The minimum atomic E-state index is -3.02. The number of nitrogens with one attached hydrogen (secondary N) is 1. The predicted octanol–water partition coefficient (Wildman–Crippen LogP) is 7.61. The standard InChI is InChI=1S/C50H69N3O10/c1-23(2)10-9-11-24(3)30-15-16-31-29-13-12-26-22-27(18-20-48(26,5)32(29)19-21-49(30,31)6)63-47(61)52-33-17-14-28-25(4)34-36(41(55)35(28)40(33)54)44(58)50(62)38(42(34)56)39(53(7)8)43(57)37(45(50)59)46(51)60/h12,14,17,23-25,27,29-32,34,38-39,42,54,56-58,62H,9-11,13,15-16,18-22H2,1-8H3,(H2,51,60)(H,52,61)/t24-,25+,27?,29?,30-,31?,32?,34-,38-,39+,42+,48+,49-,50+/m1/s1. The fourth-order valence-electron chi connectivity index (χ4n) is 14.8. The molecule has 8 rings (SSSR count). The average molecular weight is 872 g/mol. The van der Waals surface area contributed by atoms with Gasteiger partial charge in [-0.3, -0.25) is 24.6 Å². The Kier molecular flexibility index (Phi) is 11.6. The van der Waals surface area contributed by atoms with Crippen LogP contribution in [0.15, 0.2) is 46.4 Å². The van der Waals surface area contributed by atoms with E-state index in [-0.39, 0.29) is 22.8 Å². The third-order valence-electron chi connectivity index (χ3n) is 17.9. The van der Waals surface area contributed by atoms with Gasteiger partial charge < -0.3 is 36.0 Å². The summed E-state index contributed by atoms with van der Waals surface area (Å²) >= 11 is 0. The molecule has 0 heterocycles. The lowest BCUT2D eigenvalue weighted by molar-refractivity contribution is -0.162. The van der Waals surface area contributed by atoms with Crippen molar-refractivity contribution in [1.82, 2.24) is 4.90 Å². The van der Waals surface area contributed by atoms with E-state index < -0.39 is 87.5 Å². The number of Topliss-reactive ketones (excluding diaryl/α,β-unsaturated/α-hetero) is 2. The van der Waals surface area contributed by atoms with Gasteiger partial charge in [0, 0.05) is 17.9 Å². The molecule has 344 valence electrons. The molecule has 3 saturated carbocycles. The second kappa shape index (κ2) is 16.0. The van der Waals surface area contributed by atoms with E-state index in [9.17, 15) is 44.7 Å². The van der Waals surface area contributed by atoms with Crippen LogP contribution in [0.25, 0.3) is 0 Å². The normalized spacial score (nSPS) is 38.8. The highest BCUT2D eigenvalue weighted by Gasteiger charge is 2.67. The molecular weight excluding hydrogens is 803 g/mol. The number of benzene rings is 1. The molecule has 0 saturated heterocycles. The number of carbonyl (C=O) groups excluding carboxylic acids is 4. The van der Waals surface area contributed by atoms with E-state index in [0.717, 1.165) is 36.5 Å². The van der Waals surface area contributed by atoms with Gasteiger partial charge in [0.1, 0.15) is 23.2 Å². The Hall–Kier alpha value is -4.20. The van der Waals surface area contributed by atoms with Crippen LogP contribution >= 0.6 is 0 Å². The van der Waals surface area contributed by atoms with Crippen LogP contribution < -0.4 is 11.1 Å². The first-order valence-corrected chi connectivity index (χ1v) is 23.4. The summed E-state index contributed by atoms with van der Waals surface area (Å²) in [5.41, 5.74) is 2.64. The number of rotatable bonds is 9. The Morgan fingerprint density at radius 2 is 1.71 bits per heavy atom. The van der Waals surface area contributed by atoms with Gasteiger partial charge in [0.2, 0.25) is 5.78 Å². The zero-order valence-corrected chi connectivity index (χ0v) is 38.2. The first-order chi connectivity index (χ1) is 29.6. The third-order valence-corrected chi connectivity index (χ3v) is 17.9. The molecule has 0 spiro atoms. The van der Waals surface area contributed by atoms with E-state index >= 15 is 0 Å². The Labute approximate surface area is 371 Å². The number of aliphatic hydroxyl groups excluding tert-OH is 3. The molecule has 0 aliphatic heterocycles. The molecule has 3 fully saturated rings. The predicted molar refractivity (Wildman–Crippen MR) is 237 cm³/mol. The second-order valence-corrected chi connectivity index (χ2v) is 21.7. The quantitative estimate of drug-likeness (QED) is 0.0727. The van der Waals surface area contributed by atoms with Crippen molar-refractivity contribution in [2.24, 2.45) is 63.9 Å². The number of likely N-dealkylation sites (N-methyl/N-ethyl adjacent to an activating group) is 1. The van der Waals surface area contributed by atoms with Gasteiger partial charge in [-0.05, 0) is 123 Å². The maximum atomic E-state index is 14.4. The molecule has 0 aromatic heterocycles. The van der Waals surface area contributed by atoms with Gasteiger partial charge in [0.25, 0.3) is 5.91 Å². The number of hydrogen-bond acceptors (Lipinski definition) is 11. The van der Waals surface area contributed by atoms with Gasteiger partial charge >= 0.3 is 6.09 Å². The van der Waals surface area contributed by atoms with Crippen LogP contribution in [0.2, 0.25) is 0 Å². The number of nitrogens with two attached hydrogens (primary N) is 1. The molecule has 8 N–H and O–H groups in total. The lowest BCUT2D eigenvalue weighted by Gasteiger charge is -2.58. The van der Waals surface area contributed by atoms with Crippen LogP contribution in [0.5, 0.6) is 5.75 Å². The van der Waals surface area contributed by atoms with Crippen molar-refractivity contribution in [2.75, 3.05) is 19.4 Å². The topological polar surface area (TPSA) is 220 Å². The summed E-state index contributed by atoms with van der Waals surface area (Å²) in [5, 5.41) is 60.9. The number of fused-ring (bicyclic) bond motifs is 8. The van der Waals surface area contributed by atoms with Crippen molar-refractivity contribution in [3.8, 4) is 5.75 Å². The summed E-state index contributed by atoms with van der Waals surface area (Å²) in [6, 6.07) is 1.63. The Morgan fingerprint density at radius 3 is 2.38 bits per heavy atom. The number of primary amides is 1. The molecule has 1 aromatic rings. The smallest absolute Gasteiger partial charge is 0.412 e. The van der Waals surface area contributed by atoms with E-state index in [2.05, 4.69) is 46.0 Å². The van der Waals surface area contributed by atoms with Gasteiger partial charge in [-0.15, -0.1) is 0 Å². The fraction of sp³-hybridized carbons (Fsp3) is 0.680. The maximum Gasteiger partial charge on any atom is 0.412 e. The number of ether oxygens (including phenoxy) is 1. The second-order valence-electron chi connectivity index (χ2n) is 21.7. The number of allylic oxidation sites excluding steroid dienone is 1. The van der Waals surface area contributed by atoms with E-state index in [0.29, 0.717) is 35.7 Å². The Morgan fingerprint density at radius 1 is 1.00 bits per heavy atom. The van der Waals surface area contributed by atoms with Gasteiger partial charge in [-0.25, -0.2) is 4.79 Å². The lowest BCUT2D eigenvalue weighted by Crippen LogP contribution is -2.68. The third kappa shape index (κ3) is 6.79. The van der Waals surface area contributed by atoms with Crippen LogP contribution in [-0.2, 0) is 14.3 Å². The molecule has 0 radical (unpaired) electrons. The Balaban J connectivity index is 0.980. The minimum Gasteiger partial charge on any atom is -0.510 e. The zero-order valence-electron chi connectivity index (χ0n) is 38.2. The highest BCUT2D eigenvalue weighted by Crippen LogP contribution is 2.67. The van der Waals surface area contributed by atoms with Crippen LogP contribution in [0.1, 0.15) is 134 Å². The largest absolute Gasteiger partial charge is 0.510 e. The Bertz CT molecular complexity index is 2190. The van der Waals surface area contributed by atoms with Crippen molar-refractivity contribution >= 4 is 29.3 Å². The van der Waals surface area contributed by atoms with E-state index in [1.54, 1.807) is 6.92 Å². The molecule has 13 nitrogen and oxygen atoms in total. The molecular formula is C50H69N3O10. The number of carbonyl (C=O) groups is 4. The van der Waals surface area contributed by atoms with Gasteiger partial charge in [-0.2, -0.15) is 0 Å². The fourth-order valence-corrected chi connectivity index (χ4v) is 14.8. The van der Waals surface area contributed by atoms with Gasteiger partial charge in [0.05, 0.1) is 29.3 Å². The zero-order chi connectivity index (χ0) is 45.8. The highest BCUT2D eigenvalue weighted by molar-refractivity contribution is 6.25. The first kappa shape index (κ1) is 45.4. The summed E-state index contributed by atoms with van der Waals surface area (Å²) in [6.07, 6.45) is 12.0. The summed E-state index contributed by atoms with van der Waals surface area (Å²) in [6.45, 7) is 13.8. The van der Waals surface area contributed by atoms with Crippen LogP contribution in [0.4, 0.5) is 10.5 Å². The SMILES string of the molecule is CC(C)CCC[C@@H](C)[C@H]1CCC2C3CC=C4CC(OC(=O)Nc5ccc6c(c5O)C(=O)C5=C(O)[C@]7(O)C(=O)C(C(N)=O)=C(O)[C@@H](N(C)C)[C@@H]7[C@@H](O)[C@@H]5[C@H]6C)CC[C@]4(C)C3CC[C@@]21C. The summed E-state index contributed by atoms with van der Waals surface area (Å²) < 4.78 is 6.01. The molecule has 7 aliphatic rings. The van der Waals surface area contributed by atoms with Crippen molar-refractivity contribution in [3.63, 3.8) is 0 Å². The number of hydrogen-bond donors (Lipinski definition) is 7. The molecule has 2 amide bonds. The summed E-state index contributed by atoms with van der Waals surface area (Å²) in [7, 11) is 2.97. The van der Waals surface area contributed by atoms with Crippen molar-refractivity contribution in [2.45, 2.75) is 142 Å². The number of anilines is 1. The molecule has 0 bridgehead atoms. The number of aliphatic hydroxyl groups is 4. The van der Waals surface area contributed by atoms with Crippen LogP contribution in [0.3, 0.4) is 0 Å². The number of amides is 2. The number of ketones is 2. The first-order valence-electron chi connectivity index (χ1n) is 23.4. The van der Waals surface area contributed by atoms with Crippen molar-refractivity contribution < 1.29 is 49.4 Å². The summed E-state index contributed by atoms with van der Waals surface area (Å²) in [4.78, 5) is 55.4. The van der Waals surface area contributed by atoms with E-state index in [1.165, 1.54) is 81.6 Å². The van der Waals surface area contributed by atoms with Crippen molar-refractivity contribution in [1.29, 1.82) is 0 Å². The maximum absolute atomic E-state index is 14.4. The molecule has 1 aromatic carbocycles. The molecule has 4 unspecified atom stereocenters. The minimum absolute atomic E-state index is 0.0566. The van der Waals surface area contributed by atoms with Gasteiger partial charge in [0.15, 0.2) is 17.1 Å². The van der Waals surface area contributed by atoms with E-state index in [1.807, 2.05) is 0 Å². The lowest BCUT2D eigenvalue weighted by atomic mass is 9.47.